The summed E-state index contributed by atoms with van der Waals surface area (Å²) in [6.45, 7) is 45.9. The average Bonchev–Trinajstić information content (AvgIpc) is 2.79. The summed E-state index contributed by atoms with van der Waals surface area (Å²) in [7, 11) is -5.36. The highest BCUT2D eigenvalue weighted by molar-refractivity contribution is 6.77. The van der Waals surface area contributed by atoms with Crippen LogP contribution < -0.4 is 0 Å². The number of benzene rings is 1. The molecule has 520 valence electrons. The second kappa shape index (κ2) is 37.9. The number of hydrogen-bond donors (Lipinski definition) is 2. The number of aryl methyl sites for hydroxylation is 1. The van der Waals surface area contributed by atoms with E-state index in [1.165, 1.54) is 0 Å². The lowest BCUT2D eigenvalue weighted by molar-refractivity contribution is -0.177. The Morgan fingerprint density at radius 1 is 0.622 bits per heavy atom. The molecule has 3 saturated heterocycles. The molecule has 0 radical (unpaired) electrons. The summed E-state index contributed by atoms with van der Waals surface area (Å²) >= 11 is 0. The van der Waals surface area contributed by atoms with Gasteiger partial charge in [-0.15, -0.1) is 6.58 Å². The van der Waals surface area contributed by atoms with Crippen molar-refractivity contribution < 1.29 is 72.0 Å². The van der Waals surface area contributed by atoms with Crippen molar-refractivity contribution in [2.24, 2.45) is 22.7 Å². The van der Waals surface area contributed by atoms with Crippen molar-refractivity contribution >= 4 is 50.2 Å². The van der Waals surface area contributed by atoms with Gasteiger partial charge in [-0.3, -0.25) is 9.59 Å². The number of aromatic hydroxyl groups is 1. The molecule has 3 heterocycles. The van der Waals surface area contributed by atoms with Crippen LogP contribution in [-0.4, -0.2) is 161 Å². The number of carbonyl (C=O) groups is 3. The van der Waals surface area contributed by atoms with Crippen LogP contribution in [0, 0.1) is 22.7 Å². The lowest BCUT2D eigenvalue weighted by Crippen LogP contribution is -2.45. The van der Waals surface area contributed by atoms with Crippen LogP contribution in [0.4, 0.5) is 0 Å². The minimum Gasteiger partial charge on any atom is -0.507 e. The molecule has 3 aliphatic rings. The van der Waals surface area contributed by atoms with E-state index in [1.807, 2.05) is 40.7 Å². The minimum atomic E-state index is -1.38. The first-order valence-corrected chi connectivity index (χ1v) is 49.8. The molecule has 4 rings (SSSR count). The molecule has 3 fully saturated rings. The molecule has 0 aromatic heterocycles. The summed E-state index contributed by atoms with van der Waals surface area (Å²) < 4.78 is 63.4. The first-order valence-electron chi connectivity index (χ1n) is 35.0. The molecule has 3 aliphatic heterocycles. The highest BCUT2D eigenvalue weighted by Crippen LogP contribution is 2.39. The Bertz CT molecular complexity index is 2270. The van der Waals surface area contributed by atoms with Crippen LogP contribution >= 0.6 is 0 Å². The predicted octanol–water partition coefficient (Wildman–Crippen LogP) is 16.4. The number of aliphatic hydroxyl groups is 1. The third kappa shape index (κ3) is 30.2. The molecule has 0 amide bonds. The van der Waals surface area contributed by atoms with Crippen LogP contribution in [0.25, 0.3) is 0 Å². The summed E-state index contributed by atoms with van der Waals surface area (Å²) in [4.78, 5) is 41.4. The van der Waals surface area contributed by atoms with Gasteiger partial charge in [-0.2, -0.15) is 0 Å². The van der Waals surface area contributed by atoms with E-state index < -0.39 is 67.4 Å². The van der Waals surface area contributed by atoms with Crippen LogP contribution in [-0.2, 0) is 63.4 Å². The SMILES string of the molecule is C=C[C@H](C)[C@@H](C[C@H](C[C@@H]1CCC[C@H](C(C)(C)C(=O)OCC[Si](C)(C)C)O1)OCOCC[Si](C)(C)C)OC(=O)c1c(O)cccc1CCC[C@H]1CCC[C@@H](CC[C@H](C)[C@H](O)C[C@H](C[C@@H]2CCC[C@H](C(C)(C)C(=O)OCC[Si](C)(C)C)O2)OCOCC[Si](C)(C)C)O1. The fraction of sp³-hybridized carbons (Fsp3) is 0.845. The zero-order valence-corrected chi connectivity index (χ0v) is 63.9. The molecule has 0 spiro atoms. The maximum absolute atomic E-state index is 14.5. The largest absolute Gasteiger partial charge is 0.507 e. The highest BCUT2D eigenvalue weighted by Gasteiger charge is 2.44. The smallest absolute Gasteiger partial charge is 0.342 e. The van der Waals surface area contributed by atoms with Crippen molar-refractivity contribution in [1.29, 1.82) is 0 Å². The van der Waals surface area contributed by atoms with Crippen LogP contribution in [0.1, 0.15) is 167 Å². The predicted molar refractivity (Wildman–Crippen MR) is 373 cm³/mol. The van der Waals surface area contributed by atoms with Gasteiger partial charge in [0.15, 0.2) is 0 Å². The lowest BCUT2D eigenvalue weighted by Gasteiger charge is -2.39. The van der Waals surface area contributed by atoms with E-state index in [-0.39, 0.29) is 91.4 Å². The summed E-state index contributed by atoms with van der Waals surface area (Å²) in [6, 6.07) is 9.10. The molecule has 0 bridgehead atoms. The van der Waals surface area contributed by atoms with Gasteiger partial charge in [0.25, 0.3) is 0 Å². The summed E-state index contributed by atoms with van der Waals surface area (Å²) in [5.41, 5.74) is -0.714. The number of phenols is 1. The maximum Gasteiger partial charge on any atom is 0.342 e. The van der Waals surface area contributed by atoms with Crippen molar-refractivity contribution in [3.63, 3.8) is 0 Å². The molecule has 1 aromatic carbocycles. The normalized spacial score (nSPS) is 22.8. The second-order valence-electron chi connectivity index (χ2n) is 33.1. The zero-order valence-electron chi connectivity index (χ0n) is 59.9. The van der Waals surface area contributed by atoms with E-state index >= 15 is 0 Å². The molecule has 12 atom stereocenters. The zero-order chi connectivity index (χ0) is 67.1. The van der Waals surface area contributed by atoms with Crippen molar-refractivity contribution in [2.45, 2.75) is 321 Å². The maximum atomic E-state index is 14.5. The number of phenolic OH excluding ortho intramolecular Hbond substituents is 1. The molecule has 90 heavy (non-hydrogen) atoms. The van der Waals surface area contributed by atoms with Crippen molar-refractivity contribution in [1.82, 2.24) is 0 Å². The quantitative estimate of drug-likeness (QED) is 0.0157. The Kier molecular flexibility index (Phi) is 33.7. The Labute approximate surface area is 550 Å². The molecule has 15 nitrogen and oxygen atoms in total. The Morgan fingerprint density at radius 2 is 1.07 bits per heavy atom. The molecule has 2 N–H and O–H groups in total. The van der Waals surface area contributed by atoms with Gasteiger partial charge in [-0.05, 0) is 172 Å². The monoisotopic (exact) mass is 1330 g/mol. The van der Waals surface area contributed by atoms with Crippen LogP contribution in [0.15, 0.2) is 30.9 Å². The standard InChI is InChI=1S/C71H130O15Si4/c1-20-52(2)63(49-60(82-51-78-39-43-88(11,12)13)47-58-32-25-35-65(85-58)71(6,7)69(76)80-41-45-90(17,18)19)86-67(74)66-54(27-22-33-61(66)72)26-21-28-55-29-23-30-56(83-55)37-36-53(3)62(73)48-59(81-50-77-38-42-87(8,9)10)46-57-31-24-34-64(84-57)70(4,5)68(75)79-40-44-89(14,15)16/h20,22,27,33,52-53,55-60,62-65,72-73H,1,21,23-26,28-32,34-51H2,2-19H3/t52-,53-,55-,56-,57-,58-,59-,60-,62+,63+,64+,65+/m0/s1. The molecule has 0 saturated carbocycles. The fourth-order valence-electron chi connectivity index (χ4n) is 12.0. The van der Waals surface area contributed by atoms with E-state index in [0.717, 1.165) is 113 Å². The molecular weight excluding hydrogens is 1210 g/mol. The summed E-state index contributed by atoms with van der Waals surface area (Å²) in [5.74, 6) is -1.38. The van der Waals surface area contributed by atoms with E-state index in [4.69, 9.17) is 47.4 Å². The van der Waals surface area contributed by atoms with Gasteiger partial charge in [0, 0.05) is 64.3 Å². The van der Waals surface area contributed by atoms with E-state index in [1.54, 1.807) is 18.2 Å². The third-order valence-electron chi connectivity index (χ3n) is 18.9. The van der Waals surface area contributed by atoms with Gasteiger partial charge < -0.3 is 57.6 Å². The molecule has 0 unspecified atom stereocenters. The fourth-order valence-corrected chi connectivity index (χ4v) is 15.0. The number of hydrogen-bond acceptors (Lipinski definition) is 15. The summed E-state index contributed by atoms with van der Waals surface area (Å²) in [5, 5.41) is 23.2. The van der Waals surface area contributed by atoms with Crippen molar-refractivity contribution in [2.75, 3.05) is 40.0 Å². The van der Waals surface area contributed by atoms with E-state index in [2.05, 4.69) is 92.1 Å². The van der Waals surface area contributed by atoms with Gasteiger partial charge in [0.2, 0.25) is 0 Å². The number of carbonyl (C=O) groups excluding carboxylic acids is 3. The van der Waals surface area contributed by atoms with Crippen LogP contribution in [0.2, 0.25) is 103 Å². The van der Waals surface area contributed by atoms with Crippen LogP contribution in [0.5, 0.6) is 5.75 Å². The van der Waals surface area contributed by atoms with Crippen LogP contribution in [0.3, 0.4) is 0 Å². The molecule has 19 heteroatoms. The number of ether oxygens (including phenoxy) is 10. The van der Waals surface area contributed by atoms with E-state index in [0.29, 0.717) is 58.5 Å². The van der Waals surface area contributed by atoms with Gasteiger partial charge >= 0.3 is 17.9 Å². The van der Waals surface area contributed by atoms with Gasteiger partial charge in [-0.1, -0.05) is 111 Å². The first-order chi connectivity index (χ1) is 42.0. The Balaban J connectivity index is 1.36. The topological polar surface area (TPSA) is 184 Å². The summed E-state index contributed by atoms with van der Waals surface area (Å²) in [6.07, 6.45) is 12.8. The van der Waals surface area contributed by atoms with Gasteiger partial charge in [0.1, 0.15) is 31.0 Å². The van der Waals surface area contributed by atoms with Crippen molar-refractivity contribution in [3.05, 3.63) is 42.0 Å². The number of esters is 3. The minimum absolute atomic E-state index is 0.00660. The van der Waals surface area contributed by atoms with E-state index in [9.17, 15) is 24.6 Å². The van der Waals surface area contributed by atoms with Gasteiger partial charge in [0.05, 0.1) is 79.0 Å². The third-order valence-corrected chi connectivity index (χ3v) is 25.7. The number of aliphatic hydroxyl groups excluding tert-OH is 1. The first kappa shape index (κ1) is 80.2. The average molecular weight is 1340 g/mol. The Morgan fingerprint density at radius 3 is 1.54 bits per heavy atom. The van der Waals surface area contributed by atoms with Crippen molar-refractivity contribution in [3.8, 4) is 5.75 Å². The lowest BCUT2D eigenvalue weighted by atomic mass is 9.81. The Hall–Kier alpha value is -2.28. The second-order valence-corrected chi connectivity index (χ2v) is 55.5. The molecule has 1 aromatic rings. The van der Waals surface area contributed by atoms with Gasteiger partial charge in [-0.25, -0.2) is 4.79 Å². The highest BCUT2D eigenvalue weighted by atomic mass is 28.3. The molecule has 0 aliphatic carbocycles. The molecular formula is C71H130O15Si4. The number of rotatable bonds is 42.